The number of hydrogen-bond acceptors (Lipinski definition) is 3. The van der Waals surface area contributed by atoms with Gasteiger partial charge in [-0.25, -0.2) is 0 Å². The molecule has 0 bridgehead atoms. The van der Waals surface area contributed by atoms with Gasteiger partial charge >= 0.3 is 0 Å². The average Bonchev–Trinajstić information content (AvgIpc) is 3.04. The summed E-state index contributed by atoms with van der Waals surface area (Å²) >= 11 is 0. The number of aryl methyl sites for hydroxylation is 1. The molecule has 3 rings (SSSR count). The summed E-state index contributed by atoms with van der Waals surface area (Å²) in [6.07, 6.45) is 3.02. The van der Waals surface area contributed by atoms with Gasteiger partial charge in [0.15, 0.2) is 5.69 Å². The Labute approximate surface area is 117 Å². The fourth-order valence-corrected chi connectivity index (χ4v) is 2.72. The highest BCUT2D eigenvalue weighted by molar-refractivity contribution is 6.04. The van der Waals surface area contributed by atoms with Crippen molar-refractivity contribution in [1.82, 2.24) is 9.78 Å². The monoisotopic (exact) mass is 271 g/mol. The molecule has 1 aromatic carbocycles. The molecule has 0 fully saturated rings. The van der Waals surface area contributed by atoms with Gasteiger partial charge in [0.2, 0.25) is 0 Å². The van der Waals surface area contributed by atoms with E-state index in [4.69, 9.17) is 4.74 Å². The van der Waals surface area contributed by atoms with Crippen LogP contribution in [0.25, 0.3) is 0 Å². The third-order valence-electron chi connectivity index (χ3n) is 3.69. The van der Waals surface area contributed by atoms with Gasteiger partial charge in [0.25, 0.3) is 5.91 Å². The predicted octanol–water partition coefficient (Wildman–Crippen LogP) is 2.17. The molecule has 5 nitrogen and oxygen atoms in total. The molecule has 0 spiro atoms. The number of carbonyl (C=O) groups excluding carboxylic acids is 1. The molecule has 1 amide bonds. The van der Waals surface area contributed by atoms with Gasteiger partial charge in [-0.1, -0.05) is 12.1 Å². The summed E-state index contributed by atoms with van der Waals surface area (Å²) in [4.78, 5) is 12.4. The number of fused-ring (bicyclic) bond motifs is 1. The number of hydrogen-bond donors (Lipinski definition) is 1. The first kappa shape index (κ1) is 12.7. The lowest BCUT2D eigenvalue weighted by molar-refractivity contribution is 0.102. The molecule has 0 saturated heterocycles. The number of amides is 1. The Kier molecular flexibility index (Phi) is 3.18. The van der Waals surface area contributed by atoms with Crippen molar-refractivity contribution >= 4 is 11.6 Å². The Morgan fingerprint density at radius 2 is 2.15 bits per heavy atom. The van der Waals surface area contributed by atoms with Crippen LogP contribution in [0.3, 0.4) is 0 Å². The van der Waals surface area contributed by atoms with Crippen molar-refractivity contribution in [3.63, 3.8) is 0 Å². The van der Waals surface area contributed by atoms with Gasteiger partial charge < -0.3 is 10.1 Å². The second-order valence-corrected chi connectivity index (χ2v) is 4.91. The molecule has 0 radical (unpaired) electrons. The first-order valence-electron chi connectivity index (χ1n) is 6.70. The van der Waals surface area contributed by atoms with Crippen LogP contribution < -0.4 is 10.1 Å². The largest absolute Gasteiger partial charge is 0.495 e. The summed E-state index contributed by atoms with van der Waals surface area (Å²) in [7, 11) is 3.48. The van der Waals surface area contributed by atoms with Crippen LogP contribution in [0.2, 0.25) is 0 Å². The van der Waals surface area contributed by atoms with Crippen LogP contribution in [-0.2, 0) is 19.9 Å². The summed E-state index contributed by atoms with van der Waals surface area (Å²) in [5.74, 6) is 0.474. The molecule has 20 heavy (non-hydrogen) atoms. The molecular formula is C15H17N3O2. The third kappa shape index (κ3) is 2.05. The lowest BCUT2D eigenvalue weighted by Crippen LogP contribution is -2.15. The van der Waals surface area contributed by atoms with E-state index in [9.17, 15) is 4.79 Å². The van der Waals surface area contributed by atoms with Crippen molar-refractivity contribution in [2.24, 2.45) is 7.05 Å². The zero-order valence-corrected chi connectivity index (χ0v) is 11.6. The highest BCUT2D eigenvalue weighted by atomic mass is 16.5. The molecule has 1 heterocycles. The average molecular weight is 271 g/mol. The number of benzene rings is 1. The minimum Gasteiger partial charge on any atom is -0.495 e. The van der Waals surface area contributed by atoms with Crippen LogP contribution in [0, 0.1) is 0 Å². The number of carbonyl (C=O) groups is 1. The zero-order chi connectivity index (χ0) is 14.1. The van der Waals surface area contributed by atoms with Gasteiger partial charge in [0, 0.05) is 18.3 Å². The maximum atomic E-state index is 12.4. The first-order valence-corrected chi connectivity index (χ1v) is 6.70. The molecule has 1 aliphatic carbocycles. The van der Waals surface area contributed by atoms with Crippen LogP contribution in [0.4, 0.5) is 5.69 Å². The molecule has 0 atom stereocenters. The SMILES string of the molecule is COc1ccccc1NC(=O)c1nn(C)c2c1CCC2. The Morgan fingerprint density at radius 1 is 1.35 bits per heavy atom. The maximum Gasteiger partial charge on any atom is 0.276 e. The number of nitrogens with zero attached hydrogens (tertiary/aromatic N) is 2. The lowest BCUT2D eigenvalue weighted by Gasteiger charge is -2.09. The van der Waals surface area contributed by atoms with Gasteiger partial charge in [-0.15, -0.1) is 0 Å². The van der Waals surface area contributed by atoms with E-state index < -0.39 is 0 Å². The molecular weight excluding hydrogens is 254 g/mol. The number of para-hydroxylation sites is 2. The number of ether oxygens (including phenoxy) is 1. The fraction of sp³-hybridized carbons (Fsp3) is 0.333. The van der Waals surface area contributed by atoms with E-state index >= 15 is 0 Å². The minimum absolute atomic E-state index is 0.173. The maximum absolute atomic E-state index is 12.4. The molecule has 0 unspecified atom stereocenters. The fourth-order valence-electron chi connectivity index (χ4n) is 2.72. The molecule has 1 aromatic heterocycles. The van der Waals surface area contributed by atoms with Crippen molar-refractivity contribution in [2.45, 2.75) is 19.3 Å². The standard InChI is InChI=1S/C15H17N3O2/c1-18-12-8-5-6-10(12)14(17-18)15(19)16-11-7-3-4-9-13(11)20-2/h3-4,7,9H,5-6,8H2,1-2H3,(H,16,19). The summed E-state index contributed by atoms with van der Waals surface area (Å²) in [5.41, 5.74) is 3.46. The van der Waals surface area contributed by atoms with Crippen molar-refractivity contribution in [3.05, 3.63) is 41.2 Å². The van der Waals surface area contributed by atoms with Crippen LogP contribution >= 0.6 is 0 Å². The number of aromatic nitrogens is 2. The van der Waals surface area contributed by atoms with Crippen molar-refractivity contribution in [3.8, 4) is 5.75 Å². The highest BCUT2D eigenvalue weighted by Gasteiger charge is 2.25. The number of anilines is 1. The van der Waals surface area contributed by atoms with Crippen molar-refractivity contribution in [1.29, 1.82) is 0 Å². The van der Waals surface area contributed by atoms with E-state index in [1.807, 2.05) is 36.0 Å². The van der Waals surface area contributed by atoms with Crippen LogP contribution in [0.1, 0.15) is 28.2 Å². The zero-order valence-electron chi connectivity index (χ0n) is 11.6. The predicted molar refractivity (Wildman–Crippen MR) is 76.2 cm³/mol. The van der Waals surface area contributed by atoms with Gasteiger partial charge in [0.1, 0.15) is 5.75 Å². The molecule has 1 aliphatic rings. The van der Waals surface area contributed by atoms with Gasteiger partial charge in [-0.05, 0) is 31.4 Å². The summed E-state index contributed by atoms with van der Waals surface area (Å²) in [6, 6.07) is 7.37. The number of nitrogens with one attached hydrogen (secondary N) is 1. The van der Waals surface area contributed by atoms with E-state index in [0.29, 0.717) is 17.1 Å². The van der Waals surface area contributed by atoms with Crippen LogP contribution in [0.5, 0.6) is 5.75 Å². The van der Waals surface area contributed by atoms with Gasteiger partial charge in [-0.3, -0.25) is 9.48 Å². The van der Waals surface area contributed by atoms with Gasteiger partial charge in [0.05, 0.1) is 12.8 Å². The summed E-state index contributed by atoms with van der Waals surface area (Å²) in [5, 5.41) is 7.23. The van der Waals surface area contributed by atoms with Crippen molar-refractivity contribution < 1.29 is 9.53 Å². The summed E-state index contributed by atoms with van der Waals surface area (Å²) in [6.45, 7) is 0. The smallest absolute Gasteiger partial charge is 0.276 e. The lowest BCUT2D eigenvalue weighted by atomic mass is 10.2. The number of rotatable bonds is 3. The normalized spacial score (nSPS) is 13.1. The Morgan fingerprint density at radius 3 is 2.95 bits per heavy atom. The molecule has 1 N–H and O–H groups in total. The molecule has 0 saturated carbocycles. The van der Waals surface area contributed by atoms with E-state index in [0.717, 1.165) is 24.8 Å². The quantitative estimate of drug-likeness (QED) is 0.930. The van der Waals surface area contributed by atoms with E-state index in [1.165, 1.54) is 5.69 Å². The van der Waals surface area contributed by atoms with E-state index in [1.54, 1.807) is 7.11 Å². The molecule has 0 aliphatic heterocycles. The van der Waals surface area contributed by atoms with E-state index in [-0.39, 0.29) is 5.91 Å². The van der Waals surface area contributed by atoms with Crippen LogP contribution in [-0.4, -0.2) is 22.8 Å². The Balaban J connectivity index is 1.89. The highest BCUT2D eigenvalue weighted by Crippen LogP contribution is 2.27. The molecule has 2 aromatic rings. The minimum atomic E-state index is -0.173. The Bertz CT molecular complexity index is 661. The first-order chi connectivity index (χ1) is 9.70. The second kappa shape index (κ2) is 5.00. The summed E-state index contributed by atoms with van der Waals surface area (Å²) < 4.78 is 7.06. The second-order valence-electron chi connectivity index (χ2n) is 4.91. The van der Waals surface area contributed by atoms with E-state index in [2.05, 4.69) is 10.4 Å². The van der Waals surface area contributed by atoms with Gasteiger partial charge in [-0.2, -0.15) is 5.10 Å². The third-order valence-corrected chi connectivity index (χ3v) is 3.69. The Hall–Kier alpha value is -2.30. The number of methoxy groups -OCH3 is 1. The van der Waals surface area contributed by atoms with Crippen LogP contribution in [0.15, 0.2) is 24.3 Å². The van der Waals surface area contributed by atoms with Crippen molar-refractivity contribution in [2.75, 3.05) is 12.4 Å². The molecule has 104 valence electrons. The topological polar surface area (TPSA) is 56.1 Å². The molecule has 5 heteroatoms.